The minimum atomic E-state index is -4.63. The normalized spacial score (nSPS) is 13.2. The van der Waals surface area contributed by atoms with Crippen LogP contribution in [0.3, 0.4) is 0 Å². The lowest BCUT2D eigenvalue weighted by Gasteiger charge is -2.07. The Morgan fingerprint density at radius 2 is 1.71 bits per heavy atom. The van der Waals surface area contributed by atoms with Gasteiger partial charge in [0.1, 0.15) is 5.76 Å². The molecule has 4 nitrogen and oxygen atoms in total. The number of halogens is 3. The van der Waals surface area contributed by atoms with E-state index in [9.17, 15) is 23.1 Å². The van der Waals surface area contributed by atoms with Crippen molar-refractivity contribution in [3.8, 4) is 0 Å². The first-order valence-corrected chi connectivity index (χ1v) is 4.54. The van der Waals surface area contributed by atoms with Crippen molar-refractivity contribution in [1.29, 1.82) is 0 Å². The van der Waals surface area contributed by atoms with Crippen LogP contribution in [0.1, 0.15) is 25.2 Å². The summed E-state index contributed by atoms with van der Waals surface area (Å²) in [5, 5.41) is 9.25. The van der Waals surface area contributed by atoms with Crippen LogP contribution in [0.15, 0.2) is 18.2 Å². The largest absolute Gasteiger partial charge is 0.512 e. The predicted octanol–water partition coefficient (Wildman–Crippen LogP) is 2.37. The van der Waals surface area contributed by atoms with Crippen molar-refractivity contribution < 1.29 is 23.1 Å². The van der Waals surface area contributed by atoms with Crippen molar-refractivity contribution in [2.45, 2.75) is 20.0 Å². The first kappa shape index (κ1) is 13.1. The number of aliphatic hydroxyl groups is 1. The zero-order valence-electron chi connectivity index (χ0n) is 9.04. The van der Waals surface area contributed by atoms with Gasteiger partial charge >= 0.3 is 6.18 Å². The van der Waals surface area contributed by atoms with Gasteiger partial charge in [0.25, 0.3) is 0 Å². The van der Waals surface area contributed by atoms with Crippen molar-refractivity contribution in [3.05, 3.63) is 29.5 Å². The summed E-state index contributed by atoms with van der Waals surface area (Å²) in [4.78, 5) is 17.4. The van der Waals surface area contributed by atoms with Gasteiger partial charge < -0.3 is 5.11 Å². The first-order valence-electron chi connectivity index (χ1n) is 4.54. The molecule has 0 saturated carbocycles. The quantitative estimate of drug-likeness (QED) is 0.642. The standard InChI is InChI=1S/C10H9F3N2O2/c1-5(16)8(6(2)17)7-3-14-9(15-4-7)10(11,12)13/h3-4,16H,1-2H3/b8-5+. The van der Waals surface area contributed by atoms with E-state index >= 15 is 0 Å². The topological polar surface area (TPSA) is 63.1 Å². The fraction of sp³-hybridized carbons (Fsp3) is 0.300. The van der Waals surface area contributed by atoms with Gasteiger partial charge in [-0.3, -0.25) is 4.79 Å². The summed E-state index contributed by atoms with van der Waals surface area (Å²) in [7, 11) is 0. The van der Waals surface area contributed by atoms with Crippen LogP contribution in [-0.4, -0.2) is 20.9 Å². The van der Waals surface area contributed by atoms with Crippen molar-refractivity contribution in [2.24, 2.45) is 0 Å². The monoisotopic (exact) mass is 246 g/mol. The van der Waals surface area contributed by atoms with E-state index in [1.165, 1.54) is 13.8 Å². The number of hydrogen-bond acceptors (Lipinski definition) is 4. The molecule has 7 heteroatoms. The third-order valence-electron chi connectivity index (χ3n) is 1.91. The lowest BCUT2D eigenvalue weighted by Crippen LogP contribution is -2.11. The third-order valence-corrected chi connectivity index (χ3v) is 1.91. The van der Waals surface area contributed by atoms with Crippen molar-refractivity contribution in [2.75, 3.05) is 0 Å². The maximum atomic E-state index is 12.2. The minimum Gasteiger partial charge on any atom is -0.512 e. The van der Waals surface area contributed by atoms with Crippen molar-refractivity contribution in [1.82, 2.24) is 9.97 Å². The molecule has 0 radical (unpaired) electrons. The molecule has 0 saturated heterocycles. The number of carbonyl (C=O) groups is 1. The maximum absolute atomic E-state index is 12.2. The average Bonchev–Trinajstić information content (AvgIpc) is 2.15. The van der Waals surface area contributed by atoms with Crippen LogP contribution < -0.4 is 0 Å². The molecule has 1 aromatic heterocycles. The summed E-state index contributed by atoms with van der Waals surface area (Å²) in [5.41, 5.74) is -0.0516. The van der Waals surface area contributed by atoms with E-state index in [0.717, 1.165) is 12.4 Å². The molecule has 17 heavy (non-hydrogen) atoms. The Balaban J connectivity index is 3.19. The third kappa shape index (κ3) is 3.02. The van der Waals surface area contributed by atoms with E-state index in [2.05, 4.69) is 9.97 Å². The molecule has 0 atom stereocenters. The molecule has 0 aliphatic carbocycles. The molecule has 1 N–H and O–H groups in total. The van der Waals surface area contributed by atoms with Crippen LogP contribution in [0.4, 0.5) is 13.2 Å². The number of carbonyl (C=O) groups excluding carboxylic acids is 1. The van der Waals surface area contributed by atoms with Gasteiger partial charge in [-0.05, 0) is 13.8 Å². The zero-order chi connectivity index (χ0) is 13.2. The average molecular weight is 246 g/mol. The Morgan fingerprint density at radius 3 is 2.00 bits per heavy atom. The number of ketones is 1. The Morgan fingerprint density at radius 1 is 1.24 bits per heavy atom. The second kappa shape index (κ2) is 4.52. The maximum Gasteiger partial charge on any atom is 0.451 e. The molecule has 1 aromatic rings. The molecule has 0 bridgehead atoms. The summed E-state index contributed by atoms with van der Waals surface area (Å²) in [5.74, 6) is -2.06. The number of aliphatic hydroxyl groups excluding tert-OH is 1. The Bertz CT molecular complexity index is 459. The molecular weight excluding hydrogens is 237 g/mol. The molecule has 1 rings (SSSR count). The highest BCUT2D eigenvalue weighted by molar-refractivity contribution is 6.19. The second-order valence-electron chi connectivity index (χ2n) is 3.31. The molecule has 0 aliphatic rings. The number of aromatic nitrogens is 2. The molecule has 92 valence electrons. The Labute approximate surface area is 94.8 Å². The van der Waals surface area contributed by atoms with E-state index in [4.69, 9.17) is 0 Å². The zero-order valence-corrected chi connectivity index (χ0v) is 9.04. The molecule has 1 heterocycles. The highest BCUT2D eigenvalue weighted by Crippen LogP contribution is 2.26. The predicted molar refractivity (Wildman–Crippen MR) is 52.9 cm³/mol. The number of nitrogens with zero attached hydrogens (tertiary/aromatic N) is 2. The fourth-order valence-electron chi connectivity index (χ4n) is 1.27. The smallest absolute Gasteiger partial charge is 0.451 e. The molecule has 0 amide bonds. The highest BCUT2D eigenvalue weighted by atomic mass is 19.4. The Kier molecular flexibility index (Phi) is 3.50. The van der Waals surface area contributed by atoms with Crippen molar-refractivity contribution >= 4 is 11.4 Å². The summed E-state index contributed by atoms with van der Waals surface area (Å²) >= 11 is 0. The number of allylic oxidation sites excluding steroid dienone is 2. The molecule has 0 aromatic carbocycles. The summed E-state index contributed by atoms with van der Waals surface area (Å²) in [6.45, 7) is 2.45. The van der Waals surface area contributed by atoms with Gasteiger partial charge in [0, 0.05) is 18.0 Å². The van der Waals surface area contributed by atoms with Gasteiger partial charge in [0.15, 0.2) is 5.78 Å². The van der Waals surface area contributed by atoms with E-state index in [1.54, 1.807) is 0 Å². The van der Waals surface area contributed by atoms with Crippen molar-refractivity contribution in [3.63, 3.8) is 0 Å². The fourth-order valence-corrected chi connectivity index (χ4v) is 1.27. The van der Waals surface area contributed by atoms with Gasteiger partial charge in [-0.25, -0.2) is 9.97 Å². The van der Waals surface area contributed by atoms with Gasteiger partial charge in [-0.15, -0.1) is 0 Å². The number of rotatable bonds is 2. The van der Waals surface area contributed by atoms with E-state index < -0.39 is 17.8 Å². The molecular formula is C10H9F3N2O2. The minimum absolute atomic E-state index is 0.0468. The van der Waals surface area contributed by atoms with Gasteiger partial charge in [0.05, 0.1) is 5.57 Å². The molecule has 0 aliphatic heterocycles. The van der Waals surface area contributed by atoms with Crippen LogP contribution in [0.5, 0.6) is 0 Å². The van der Waals surface area contributed by atoms with Crippen LogP contribution >= 0.6 is 0 Å². The van der Waals surface area contributed by atoms with E-state index in [0.29, 0.717) is 0 Å². The van der Waals surface area contributed by atoms with Crippen LogP contribution in [0.25, 0.3) is 5.57 Å². The molecule has 0 spiro atoms. The lowest BCUT2D eigenvalue weighted by molar-refractivity contribution is -0.145. The van der Waals surface area contributed by atoms with Gasteiger partial charge in [0.2, 0.25) is 5.82 Å². The molecule has 0 fully saturated rings. The Hall–Kier alpha value is -1.92. The number of hydrogen-bond donors (Lipinski definition) is 1. The summed E-state index contributed by atoms with van der Waals surface area (Å²) < 4.78 is 36.6. The molecule has 0 unspecified atom stereocenters. The summed E-state index contributed by atoms with van der Waals surface area (Å²) in [6.07, 6.45) is -2.93. The number of alkyl halides is 3. The van der Waals surface area contributed by atoms with Gasteiger partial charge in [-0.1, -0.05) is 0 Å². The number of Topliss-reactive ketones (excluding diaryl/α,β-unsaturated/α-hetero) is 1. The highest BCUT2D eigenvalue weighted by Gasteiger charge is 2.34. The van der Waals surface area contributed by atoms with E-state index in [-0.39, 0.29) is 16.9 Å². The van der Waals surface area contributed by atoms with Crippen LogP contribution in [-0.2, 0) is 11.0 Å². The van der Waals surface area contributed by atoms with Crippen LogP contribution in [0.2, 0.25) is 0 Å². The van der Waals surface area contributed by atoms with E-state index in [1.807, 2.05) is 0 Å². The first-order chi connectivity index (χ1) is 7.73. The van der Waals surface area contributed by atoms with Gasteiger partial charge in [-0.2, -0.15) is 13.2 Å². The van der Waals surface area contributed by atoms with Crippen LogP contribution in [0, 0.1) is 0 Å². The lowest BCUT2D eigenvalue weighted by atomic mass is 10.1. The SMILES string of the molecule is CC(=O)/C(=C(/C)O)c1cnc(C(F)(F)F)nc1. The summed E-state index contributed by atoms with van der Waals surface area (Å²) in [6, 6.07) is 0. The second-order valence-corrected chi connectivity index (χ2v) is 3.31.